The van der Waals surface area contributed by atoms with Crippen LogP contribution in [-0.4, -0.2) is 193 Å². The van der Waals surface area contributed by atoms with Gasteiger partial charge in [-0.15, -0.1) is 0 Å². The molecule has 93 heavy (non-hydrogen) atoms. The Morgan fingerprint density at radius 3 is 2.11 bits per heavy atom. The largest absolute Gasteiger partial charge is 0.507 e. The van der Waals surface area contributed by atoms with E-state index in [9.17, 15) is 77.3 Å². The van der Waals surface area contributed by atoms with E-state index in [0.717, 1.165) is 31.7 Å². The summed E-state index contributed by atoms with van der Waals surface area (Å²) < 4.78 is 63.6. The van der Waals surface area contributed by atoms with Gasteiger partial charge in [0.15, 0.2) is 0 Å². The van der Waals surface area contributed by atoms with Gasteiger partial charge in [0.2, 0.25) is 29.9 Å². The van der Waals surface area contributed by atoms with Crippen molar-refractivity contribution in [2.24, 2.45) is 34.6 Å². The molecule has 0 radical (unpaired) electrons. The fraction of sp³-hybridized carbons (Fsp3) is 0.600. The number of likely N-dealkylation sites (tertiary alicyclic amines) is 1. The molecule has 10 N–H and O–H groups in total. The van der Waals surface area contributed by atoms with E-state index in [1.54, 1.807) is 26.1 Å². The van der Waals surface area contributed by atoms with E-state index >= 15 is 4.79 Å². The number of aliphatic hydroxyl groups excluding tert-OH is 1. The Kier molecular flexibility index (Phi) is 24.4. The number of rotatable bonds is 18. The van der Waals surface area contributed by atoms with Crippen LogP contribution in [0.3, 0.4) is 0 Å². The lowest BCUT2D eigenvalue weighted by Crippen LogP contribution is -2.50. The van der Waals surface area contributed by atoms with E-state index < -0.39 is 172 Å². The first-order valence-corrected chi connectivity index (χ1v) is 33.5. The maximum Gasteiger partial charge on any atom is 0.410 e. The predicted molar refractivity (Wildman–Crippen MR) is 328 cm³/mol. The van der Waals surface area contributed by atoms with Gasteiger partial charge >= 0.3 is 45.0 Å². The Labute approximate surface area is 537 Å². The van der Waals surface area contributed by atoms with E-state index in [0.29, 0.717) is 31.8 Å². The Balaban J connectivity index is 1.38. The van der Waals surface area contributed by atoms with Gasteiger partial charge in [-0.3, -0.25) is 52.5 Å². The standard InChI is InChI=1S/C60H85N7O24P2/c1-14-40(70)86-28-87-57(78)61-37(18-19-39(69)62-58(92(79,80)81)93(82,83)84)56(77)66(12)27-41(71)90-51-30(4)16-15-17-31(5)55(76)63-47-46-45(64-60(65-46)21-23-67(24-22-60)26-29(2)3)42-43(50(47)74)49(73)35(9)53-44(42)54(75)59(11,91-53)88-25-20-38(85-13)32(6)52(89-36(10)68)34(8)48(72)33(51)7/h15-17,20,25,29-30,32-34,37-38,48,51-52,58,65,72-73H,14,18-19,21-24,26-28H2,1-13H3,(H,61,78)(H,62,69)(H,63,76)(H2,79,80,81)(H2,82,83,84)/b16-15+,25-20+,31-17-/t30-,32+,33-,34+,37-,38-,48+,51-,52+,59-/m0/s1. The summed E-state index contributed by atoms with van der Waals surface area (Å²) in [5.74, 6) is -13.7. The Morgan fingerprint density at radius 1 is 0.882 bits per heavy atom. The van der Waals surface area contributed by atoms with Gasteiger partial charge in [0.25, 0.3) is 11.7 Å². The zero-order chi connectivity index (χ0) is 69.6. The molecule has 0 aromatic heterocycles. The maximum absolute atomic E-state index is 15.1. The van der Waals surface area contributed by atoms with Gasteiger partial charge in [-0.05, 0) is 32.3 Å². The number of esters is 3. The van der Waals surface area contributed by atoms with Crippen LogP contribution in [0, 0.1) is 36.5 Å². The van der Waals surface area contributed by atoms with Crippen LogP contribution < -0.4 is 26.0 Å². The van der Waals surface area contributed by atoms with E-state index in [2.05, 4.69) is 34.7 Å². The molecule has 1 spiro atoms. The number of aliphatic imine (C=N–C) groups is 1. The Bertz CT molecular complexity index is 3340. The lowest BCUT2D eigenvalue weighted by molar-refractivity contribution is -0.167. The quantitative estimate of drug-likeness (QED) is 0.0437. The van der Waals surface area contributed by atoms with Crippen LogP contribution >= 0.6 is 15.2 Å². The number of benzene rings is 1. The number of Topliss-reactive ketones (excluding diaryl/α,β-unsaturated/α-hetero) is 2. The van der Waals surface area contributed by atoms with Crippen molar-refractivity contribution in [3.63, 3.8) is 0 Å². The molecule has 0 unspecified atom stereocenters. The van der Waals surface area contributed by atoms with Crippen molar-refractivity contribution in [2.45, 2.75) is 156 Å². The molecule has 6 aliphatic rings. The molecule has 5 aliphatic heterocycles. The molecule has 1 aliphatic carbocycles. The van der Waals surface area contributed by atoms with Crippen molar-refractivity contribution in [2.75, 3.05) is 47.1 Å². The highest BCUT2D eigenvalue weighted by molar-refractivity contribution is 7.70. The van der Waals surface area contributed by atoms with Crippen LogP contribution in [0.25, 0.3) is 0 Å². The fourth-order valence-corrected chi connectivity index (χ4v) is 13.9. The number of amides is 4. The number of phenols is 1. The molecule has 7 rings (SSSR count). The summed E-state index contributed by atoms with van der Waals surface area (Å²) in [7, 11) is -8.90. The van der Waals surface area contributed by atoms with Crippen LogP contribution in [0.1, 0.15) is 133 Å². The third-order valence-corrected chi connectivity index (χ3v) is 20.1. The molecule has 1 fully saturated rings. The molecular weight excluding hydrogens is 1260 g/mol. The minimum absolute atomic E-state index is 0.0142. The number of ketones is 2. The summed E-state index contributed by atoms with van der Waals surface area (Å²) >= 11 is 0. The Hall–Kier alpha value is -7.34. The number of hydrogen-bond acceptors (Lipinski definition) is 23. The number of carbonyl (C=O) groups excluding carboxylic acids is 9. The summed E-state index contributed by atoms with van der Waals surface area (Å²) in [5, 5.41) is 34.2. The highest BCUT2D eigenvalue weighted by Gasteiger charge is 2.55. The molecular formula is C60H85N7O24P2. The summed E-state index contributed by atoms with van der Waals surface area (Å²) in [4.78, 5) is 169. The van der Waals surface area contributed by atoms with Crippen molar-refractivity contribution in [1.29, 1.82) is 0 Å². The number of nitrogens with one attached hydrogen (secondary N) is 4. The molecule has 10 atom stereocenters. The van der Waals surface area contributed by atoms with Gasteiger partial charge in [0, 0.05) is 114 Å². The van der Waals surface area contributed by atoms with Crippen molar-refractivity contribution >= 4 is 74.2 Å². The van der Waals surface area contributed by atoms with Crippen molar-refractivity contribution < 1.29 is 115 Å². The molecule has 31 nitrogen and oxygen atoms in total. The number of carbonyl (C=O) groups is 9. The molecule has 33 heteroatoms. The number of methoxy groups -OCH3 is 1. The van der Waals surface area contributed by atoms with Gasteiger partial charge in [0.1, 0.15) is 47.7 Å². The van der Waals surface area contributed by atoms with Crippen molar-refractivity contribution in [3.05, 3.63) is 69.8 Å². The van der Waals surface area contributed by atoms with E-state index in [1.165, 1.54) is 66.0 Å². The maximum atomic E-state index is 15.1. The summed E-state index contributed by atoms with van der Waals surface area (Å²) in [5.41, 5.74) is -4.33. The van der Waals surface area contributed by atoms with Crippen LogP contribution in [0.2, 0.25) is 0 Å². The molecule has 5 heterocycles. The second kappa shape index (κ2) is 30.4. The minimum atomic E-state index is -5.67. The number of hydrogen-bond donors (Lipinski definition) is 10. The summed E-state index contributed by atoms with van der Waals surface area (Å²) in [6.07, 6.45) is -0.309. The lowest BCUT2D eigenvalue weighted by atomic mass is 9.78. The Morgan fingerprint density at radius 2 is 1.52 bits per heavy atom. The van der Waals surface area contributed by atoms with Crippen molar-refractivity contribution in [1.82, 2.24) is 31.1 Å². The summed E-state index contributed by atoms with van der Waals surface area (Å²) in [6, 6.07) is -1.83. The second-order valence-electron chi connectivity index (χ2n) is 24.5. The molecule has 4 amide bonds. The van der Waals surface area contributed by atoms with Crippen LogP contribution in [0.15, 0.2) is 52.5 Å². The lowest BCUT2D eigenvalue weighted by Gasteiger charge is -2.39. The number of fused-ring (bicyclic) bond motifs is 13. The average Bonchev–Trinajstić information content (AvgIpc) is 1.56. The van der Waals surface area contributed by atoms with Gasteiger partial charge in [-0.1, -0.05) is 66.7 Å². The van der Waals surface area contributed by atoms with Crippen LogP contribution in [0.4, 0.5) is 4.79 Å². The number of allylic oxidation sites excluding steroid dienone is 4. The first kappa shape index (κ1) is 74.7. The second-order valence-corrected chi connectivity index (χ2v) is 28.3. The van der Waals surface area contributed by atoms with E-state index in [-0.39, 0.29) is 57.1 Å². The average molecular weight is 1350 g/mol. The monoisotopic (exact) mass is 1350 g/mol. The highest BCUT2D eigenvalue weighted by atomic mass is 31.2. The molecule has 0 saturated carbocycles. The zero-order valence-corrected chi connectivity index (χ0v) is 55.9. The number of phenolic OH excluding ortho intramolecular Hbond substituents is 1. The molecule has 514 valence electrons. The minimum Gasteiger partial charge on any atom is -0.507 e. The third kappa shape index (κ3) is 17.5. The number of piperidine rings is 1. The van der Waals surface area contributed by atoms with Crippen LogP contribution in [-0.2, 0) is 66.3 Å². The number of ether oxygens (including phenoxy) is 7. The van der Waals surface area contributed by atoms with Crippen LogP contribution in [0.5, 0.6) is 11.5 Å². The van der Waals surface area contributed by atoms with Gasteiger partial charge in [-0.25, -0.2) is 4.79 Å². The molecule has 1 aromatic carbocycles. The van der Waals surface area contributed by atoms with E-state index in [4.69, 9.17) is 38.2 Å². The number of nitrogens with zero attached hydrogens (tertiary/aromatic N) is 3. The van der Waals surface area contributed by atoms with Crippen molar-refractivity contribution in [3.8, 4) is 11.5 Å². The van der Waals surface area contributed by atoms with E-state index in [1.807, 2.05) is 0 Å². The highest BCUT2D eigenvalue weighted by Crippen LogP contribution is 2.58. The number of likely N-dealkylation sites (N-methyl/N-ethyl adjacent to an activating group) is 1. The fourth-order valence-electron chi connectivity index (χ4n) is 11.8. The van der Waals surface area contributed by atoms with Gasteiger partial charge < -0.3 is 94.0 Å². The number of aromatic hydroxyl groups is 1. The topological polar surface area (TPSA) is 441 Å². The molecule has 1 saturated heterocycles. The van der Waals surface area contributed by atoms with Gasteiger partial charge in [-0.2, -0.15) is 0 Å². The normalized spacial score (nSPS) is 26.6. The van der Waals surface area contributed by atoms with Gasteiger partial charge in [0.05, 0.1) is 41.0 Å². The number of alkyl carbamates (subject to hydrolysis) is 1. The predicted octanol–water partition coefficient (Wildman–Crippen LogP) is 3.17. The molecule has 5 bridgehead atoms. The first-order chi connectivity index (χ1) is 43.3. The first-order valence-electron chi connectivity index (χ1n) is 30.2. The third-order valence-electron chi connectivity index (χ3n) is 16.8. The summed E-state index contributed by atoms with van der Waals surface area (Å²) in [6.45, 7) is 17.6. The molecule has 1 aromatic rings. The smallest absolute Gasteiger partial charge is 0.410 e. The SMILES string of the molecule is CCC(=O)OCOC(=O)N[C@@H](CCC(=O)NC(P(=O)(O)O)P(=O)(O)O)C(=O)N(C)CC(=O)O[C@@H]1[C@@H](C)[C@@H](O)[C@@H](C)[C@H](OC(C)=O)[C@H](C)[C@@H](OC)/C=C/O[C@@]2(C)Oc3c(C)c(O)c4c(c3C2=O)C2=NC3(CCN(CC(C)C)CC3)NC2=C(NC(=O)/C(C)=C\C=C\[C@@H]1C)C4=O. The number of aliphatic hydroxyl groups is 1. The zero-order valence-electron chi connectivity index (χ0n) is 54.1.